The third-order valence-corrected chi connectivity index (χ3v) is 7.36. The molecule has 3 rings (SSSR count). The summed E-state index contributed by atoms with van der Waals surface area (Å²) in [6, 6.07) is 13.4. The second-order valence-corrected chi connectivity index (χ2v) is 11.3. The number of nitro benzene ring substituents is 1. The van der Waals surface area contributed by atoms with Crippen molar-refractivity contribution in [3.8, 4) is 5.75 Å². The molecule has 200 valence electrons. The minimum atomic E-state index is -0.631. The van der Waals surface area contributed by atoms with E-state index in [9.17, 15) is 19.7 Å². The maximum atomic E-state index is 13.1. The molecule has 2 aromatic carbocycles. The van der Waals surface area contributed by atoms with E-state index in [4.69, 9.17) is 14.2 Å². The van der Waals surface area contributed by atoms with Gasteiger partial charge < -0.3 is 19.1 Å². The van der Waals surface area contributed by atoms with Gasteiger partial charge in [-0.05, 0) is 69.5 Å². The van der Waals surface area contributed by atoms with Crippen LogP contribution in [0.4, 0.5) is 10.5 Å². The van der Waals surface area contributed by atoms with Crippen molar-refractivity contribution in [1.29, 1.82) is 0 Å². The fourth-order valence-corrected chi connectivity index (χ4v) is 5.28. The second-order valence-electron chi connectivity index (χ2n) is 10.0. The van der Waals surface area contributed by atoms with Crippen LogP contribution in [0.15, 0.2) is 48.5 Å². The van der Waals surface area contributed by atoms with E-state index < -0.39 is 22.5 Å². The average Bonchev–Trinajstić information content (AvgIpc) is 3.29. The summed E-state index contributed by atoms with van der Waals surface area (Å²) in [5, 5.41) is 11.0. The van der Waals surface area contributed by atoms with E-state index in [-0.39, 0.29) is 29.6 Å². The number of carbonyl (C=O) groups is 2. The lowest BCUT2D eigenvalue weighted by Crippen LogP contribution is -2.43. The largest absolute Gasteiger partial charge is 0.497 e. The number of carbonyl (C=O) groups excluding carboxylic acids is 2. The van der Waals surface area contributed by atoms with Crippen LogP contribution in [0.3, 0.4) is 0 Å². The van der Waals surface area contributed by atoms with Crippen molar-refractivity contribution in [3.63, 3.8) is 0 Å². The van der Waals surface area contributed by atoms with Crippen LogP contribution in [0.25, 0.3) is 0 Å². The smallest absolute Gasteiger partial charge is 0.410 e. The number of hydrogen-bond donors (Lipinski definition) is 0. The Kier molecular flexibility index (Phi) is 9.42. The Morgan fingerprint density at radius 1 is 1.11 bits per heavy atom. The topological polar surface area (TPSA) is 108 Å². The SMILES string of the molecule is COc1ccc(CS[C@H]2C[C@@H]([C@H](C)C(=O)OC(C)(C)C)N(C(=O)OCc3ccc([N+](=O)[O-])cc3)C2)cc1. The molecule has 1 aliphatic heterocycles. The molecule has 1 aliphatic rings. The Morgan fingerprint density at radius 2 is 1.73 bits per heavy atom. The number of amides is 1. The predicted molar refractivity (Wildman–Crippen MR) is 141 cm³/mol. The summed E-state index contributed by atoms with van der Waals surface area (Å²) < 4.78 is 16.4. The van der Waals surface area contributed by atoms with E-state index in [0.29, 0.717) is 18.5 Å². The first-order valence-corrected chi connectivity index (χ1v) is 13.2. The van der Waals surface area contributed by atoms with E-state index in [1.165, 1.54) is 12.1 Å². The molecule has 0 aromatic heterocycles. The van der Waals surface area contributed by atoms with Gasteiger partial charge in [-0.1, -0.05) is 12.1 Å². The highest BCUT2D eigenvalue weighted by molar-refractivity contribution is 7.99. The minimum Gasteiger partial charge on any atom is -0.497 e. The molecule has 9 nitrogen and oxygen atoms in total. The van der Waals surface area contributed by atoms with Crippen molar-refractivity contribution in [1.82, 2.24) is 4.90 Å². The highest BCUT2D eigenvalue weighted by Gasteiger charge is 2.42. The highest BCUT2D eigenvalue weighted by atomic mass is 32.2. The Labute approximate surface area is 221 Å². The summed E-state index contributed by atoms with van der Waals surface area (Å²) in [7, 11) is 1.63. The van der Waals surface area contributed by atoms with Gasteiger partial charge in [-0.15, -0.1) is 0 Å². The number of nitro groups is 1. The number of thioether (sulfide) groups is 1. The number of non-ortho nitro benzene ring substituents is 1. The lowest BCUT2D eigenvalue weighted by Gasteiger charge is -2.30. The first kappa shape index (κ1) is 28.3. The Hall–Kier alpha value is -3.27. The molecule has 37 heavy (non-hydrogen) atoms. The lowest BCUT2D eigenvalue weighted by atomic mass is 9.99. The van der Waals surface area contributed by atoms with Crippen LogP contribution in [-0.2, 0) is 26.6 Å². The van der Waals surface area contributed by atoms with Crippen molar-refractivity contribution in [2.24, 2.45) is 5.92 Å². The fourth-order valence-electron chi connectivity index (χ4n) is 4.06. The predicted octanol–water partition coefficient (Wildman–Crippen LogP) is 5.59. The van der Waals surface area contributed by atoms with Crippen molar-refractivity contribution in [3.05, 3.63) is 69.8 Å². The Morgan fingerprint density at radius 3 is 2.30 bits per heavy atom. The van der Waals surface area contributed by atoms with Gasteiger partial charge in [0.15, 0.2) is 0 Å². The standard InChI is InChI=1S/C27H34N2O7S/c1-18(25(30)36-27(2,3)4)24-14-23(37-17-20-8-12-22(34-5)13-9-20)15-28(24)26(31)35-16-19-6-10-21(11-7-19)29(32)33/h6-13,18,23-24H,14-17H2,1-5H3/t18-,23-,24-/m0/s1. The van der Waals surface area contributed by atoms with Crippen molar-refractivity contribution < 1.29 is 28.7 Å². The molecule has 0 aliphatic carbocycles. The molecule has 0 spiro atoms. The lowest BCUT2D eigenvalue weighted by molar-refractivity contribution is -0.384. The summed E-state index contributed by atoms with van der Waals surface area (Å²) in [4.78, 5) is 38.0. The zero-order chi connectivity index (χ0) is 27.2. The molecule has 1 saturated heterocycles. The molecule has 1 fully saturated rings. The third-order valence-electron chi connectivity index (χ3n) is 6.05. The molecule has 2 aromatic rings. The first-order valence-electron chi connectivity index (χ1n) is 12.1. The Bertz CT molecular complexity index is 1080. The van der Waals surface area contributed by atoms with Gasteiger partial charge in [-0.3, -0.25) is 14.9 Å². The average molecular weight is 531 g/mol. The minimum absolute atomic E-state index is 0.0233. The maximum absolute atomic E-state index is 13.1. The van der Waals surface area contributed by atoms with E-state index in [0.717, 1.165) is 17.1 Å². The van der Waals surface area contributed by atoms with E-state index in [1.807, 2.05) is 45.0 Å². The second kappa shape index (κ2) is 12.3. The summed E-state index contributed by atoms with van der Waals surface area (Å²) in [5.41, 5.74) is 1.12. The summed E-state index contributed by atoms with van der Waals surface area (Å²) in [6.45, 7) is 7.65. The number of esters is 1. The van der Waals surface area contributed by atoms with Gasteiger partial charge in [0.25, 0.3) is 5.69 Å². The molecule has 0 radical (unpaired) electrons. The number of nitrogens with zero attached hydrogens (tertiary/aromatic N) is 2. The van der Waals surface area contributed by atoms with Crippen LogP contribution in [0, 0.1) is 16.0 Å². The van der Waals surface area contributed by atoms with Crippen LogP contribution in [-0.4, -0.2) is 52.4 Å². The maximum Gasteiger partial charge on any atom is 0.410 e. The quantitative estimate of drug-likeness (QED) is 0.234. The van der Waals surface area contributed by atoms with Crippen LogP contribution in [0.5, 0.6) is 5.75 Å². The van der Waals surface area contributed by atoms with Gasteiger partial charge >= 0.3 is 12.1 Å². The van der Waals surface area contributed by atoms with Gasteiger partial charge in [0.1, 0.15) is 18.0 Å². The van der Waals surface area contributed by atoms with Gasteiger partial charge in [0.2, 0.25) is 0 Å². The number of likely N-dealkylation sites (tertiary alicyclic amines) is 1. The molecular weight excluding hydrogens is 496 g/mol. The highest BCUT2D eigenvalue weighted by Crippen LogP contribution is 2.35. The number of hydrogen-bond acceptors (Lipinski definition) is 8. The van der Waals surface area contributed by atoms with Crippen LogP contribution in [0.1, 0.15) is 45.2 Å². The molecule has 0 unspecified atom stereocenters. The third kappa shape index (κ3) is 8.11. The zero-order valence-corrected chi connectivity index (χ0v) is 22.7. The van der Waals surface area contributed by atoms with Gasteiger partial charge in [-0.2, -0.15) is 11.8 Å². The molecule has 0 N–H and O–H groups in total. The van der Waals surface area contributed by atoms with Crippen LogP contribution >= 0.6 is 11.8 Å². The van der Waals surface area contributed by atoms with Gasteiger partial charge in [-0.25, -0.2) is 4.79 Å². The van der Waals surface area contributed by atoms with Crippen molar-refractivity contribution in [2.75, 3.05) is 13.7 Å². The molecule has 3 atom stereocenters. The zero-order valence-electron chi connectivity index (χ0n) is 21.8. The molecule has 1 heterocycles. The molecule has 10 heteroatoms. The molecule has 0 saturated carbocycles. The van der Waals surface area contributed by atoms with Crippen molar-refractivity contribution in [2.45, 2.75) is 63.4 Å². The normalized spacial score (nSPS) is 18.2. The number of ether oxygens (including phenoxy) is 3. The van der Waals surface area contributed by atoms with Crippen molar-refractivity contribution >= 4 is 29.5 Å². The summed E-state index contributed by atoms with van der Waals surface area (Å²) in [6.07, 6.45) is 0.111. The van der Waals surface area contributed by atoms with Gasteiger partial charge in [0, 0.05) is 35.7 Å². The van der Waals surface area contributed by atoms with E-state index in [1.54, 1.807) is 42.8 Å². The number of rotatable bonds is 9. The van der Waals surface area contributed by atoms with Gasteiger partial charge in [0.05, 0.1) is 18.0 Å². The Balaban J connectivity index is 1.67. The number of methoxy groups -OCH3 is 1. The summed E-state index contributed by atoms with van der Waals surface area (Å²) >= 11 is 1.73. The first-order chi connectivity index (χ1) is 17.5. The monoisotopic (exact) mass is 530 g/mol. The molecular formula is C27H34N2O7S. The van der Waals surface area contributed by atoms with E-state index in [2.05, 4.69) is 0 Å². The number of benzene rings is 2. The van der Waals surface area contributed by atoms with E-state index >= 15 is 0 Å². The molecule has 1 amide bonds. The summed E-state index contributed by atoms with van der Waals surface area (Å²) in [5.74, 6) is 0.667. The fraction of sp³-hybridized carbons (Fsp3) is 0.481. The van der Waals surface area contributed by atoms with Crippen LogP contribution < -0.4 is 4.74 Å². The van der Waals surface area contributed by atoms with Crippen LogP contribution in [0.2, 0.25) is 0 Å². The molecule has 0 bridgehead atoms.